The average molecular weight is 461 g/mol. The van der Waals surface area contributed by atoms with E-state index < -0.39 is 0 Å². The highest BCUT2D eigenvalue weighted by molar-refractivity contribution is 5.79. The topological polar surface area (TPSA) is 76.6 Å². The van der Waals surface area contributed by atoms with E-state index in [4.69, 9.17) is 9.47 Å². The van der Waals surface area contributed by atoms with Gasteiger partial charge < -0.3 is 19.7 Å². The van der Waals surface area contributed by atoms with Crippen LogP contribution < -0.4 is 19.7 Å². The number of carbonyl (C=O) groups excluding carboxylic acids is 1. The van der Waals surface area contributed by atoms with E-state index >= 15 is 0 Å². The van der Waals surface area contributed by atoms with Gasteiger partial charge in [0.15, 0.2) is 11.5 Å². The Morgan fingerprint density at radius 2 is 1.74 bits per heavy atom. The van der Waals surface area contributed by atoms with Crippen molar-refractivity contribution in [1.29, 1.82) is 0 Å². The molecule has 7 heteroatoms. The van der Waals surface area contributed by atoms with Crippen LogP contribution in [-0.4, -0.2) is 42.2 Å². The molecule has 3 aromatic rings. The molecule has 1 aliphatic heterocycles. The van der Waals surface area contributed by atoms with Gasteiger partial charge in [-0.1, -0.05) is 36.4 Å². The molecule has 1 fully saturated rings. The molecule has 0 spiro atoms. The van der Waals surface area contributed by atoms with Crippen LogP contribution in [0.25, 0.3) is 11.1 Å². The Bertz CT molecular complexity index is 1070. The molecule has 1 N–H and O–H groups in total. The number of ether oxygens (including phenoxy) is 2. The lowest BCUT2D eigenvalue weighted by molar-refractivity contribution is -0.125. The van der Waals surface area contributed by atoms with Gasteiger partial charge in [-0.25, -0.2) is 9.97 Å². The number of anilines is 1. The standard InChI is InChI=1S/C27H32N4O3/c1-3-33-24-13-12-20(15-25(24)34-4-2)16-28-26(32)22-11-8-14-31(19-22)27-29-17-23(18-30-27)21-9-6-5-7-10-21/h5-7,9-10,12-13,15,17-18,22H,3-4,8,11,14,16,19H2,1-2H3,(H,28,32)/t22-/m0/s1. The lowest BCUT2D eigenvalue weighted by Crippen LogP contribution is -2.43. The fraction of sp³-hybridized carbons (Fsp3) is 0.370. The van der Waals surface area contributed by atoms with Gasteiger partial charge in [-0.05, 0) is 49.9 Å². The summed E-state index contributed by atoms with van der Waals surface area (Å²) in [7, 11) is 0. The molecule has 0 aliphatic carbocycles. The van der Waals surface area contributed by atoms with Gasteiger partial charge in [0.05, 0.1) is 19.1 Å². The number of piperidine rings is 1. The predicted molar refractivity (Wildman–Crippen MR) is 133 cm³/mol. The van der Waals surface area contributed by atoms with Crippen LogP contribution in [-0.2, 0) is 11.3 Å². The van der Waals surface area contributed by atoms with E-state index in [0.29, 0.717) is 38.0 Å². The van der Waals surface area contributed by atoms with Crippen molar-refractivity contribution in [1.82, 2.24) is 15.3 Å². The van der Waals surface area contributed by atoms with Gasteiger partial charge in [0, 0.05) is 37.6 Å². The molecule has 178 valence electrons. The third kappa shape index (κ3) is 5.84. The lowest BCUT2D eigenvalue weighted by atomic mass is 9.97. The molecule has 2 heterocycles. The molecule has 0 saturated carbocycles. The van der Waals surface area contributed by atoms with Crippen LogP contribution in [0, 0.1) is 5.92 Å². The zero-order chi connectivity index (χ0) is 23.8. The molecule has 1 aromatic heterocycles. The van der Waals surface area contributed by atoms with Crippen molar-refractivity contribution in [2.24, 2.45) is 5.92 Å². The molecular weight excluding hydrogens is 428 g/mol. The summed E-state index contributed by atoms with van der Waals surface area (Å²) in [4.78, 5) is 24.2. The summed E-state index contributed by atoms with van der Waals surface area (Å²) in [6.45, 7) is 6.94. The van der Waals surface area contributed by atoms with Crippen molar-refractivity contribution in [2.75, 3.05) is 31.2 Å². The van der Waals surface area contributed by atoms with Crippen molar-refractivity contribution >= 4 is 11.9 Å². The molecule has 7 nitrogen and oxygen atoms in total. The second kappa shape index (κ2) is 11.5. The third-order valence-corrected chi connectivity index (χ3v) is 5.89. The number of nitrogens with zero attached hydrogens (tertiary/aromatic N) is 3. The van der Waals surface area contributed by atoms with Gasteiger partial charge in [-0.2, -0.15) is 0 Å². The molecule has 1 atom stereocenters. The number of benzene rings is 2. The number of hydrogen-bond donors (Lipinski definition) is 1. The summed E-state index contributed by atoms with van der Waals surface area (Å²) in [6.07, 6.45) is 5.49. The van der Waals surface area contributed by atoms with E-state index in [-0.39, 0.29) is 11.8 Å². The monoisotopic (exact) mass is 460 g/mol. The number of nitrogens with one attached hydrogen (secondary N) is 1. The quantitative estimate of drug-likeness (QED) is 0.508. The first-order valence-corrected chi connectivity index (χ1v) is 12.0. The molecule has 0 unspecified atom stereocenters. The number of hydrogen-bond acceptors (Lipinski definition) is 6. The first-order valence-electron chi connectivity index (χ1n) is 12.0. The Labute approximate surface area is 201 Å². The second-order valence-corrected chi connectivity index (χ2v) is 8.29. The summed E-state index contributed by atoms with van der Waals surface area (Å²) in [6, 6.07) is 15.9. The van der Waals surface area contributed by atoms with Gasteiger partial charge in [0.2, 0.25) is 11.9 Å². The first kappa shape index (κ1) is 23.5. The Kier molecular flexibility index (Phi) is 7.96. The average Bonchev–Trinajstić information content (AvgIpc) is 2.89. The maximum Gasteiger partial charge on any atom is 0.225 e. The molecular formula is C27H32N4O3. The Balaban J connectivity index is 1.35. The van der Waals surface area contributed by atoms with Gasteiger partial charge in [-0.15, -0.1) is 0 Å². The van der Waals surface area contributed by atoms with Crippen LogP contribution in [0.1, 0.15) is 32.3 Å². The number of aromatic nitrogens is 2. The van der Waals surface area contributed by atoms with Crippen LogP contribution in [0.15, 0.2) is 60.9 Å². The van der Waals surface area contributed by atoms with Crippen molar-refractivity contribution in [3.05, 3.63) is 66.5 Å². The maximum absolute atomic E-state index is 12.9. The highest BCUT2D eigenvalue weighted by atomic mass is 16.5. The molecule has 0 bridgehead atoms. The lowest BCUT2D eigenvalue weighted by Gasteiger charge is -2.32. The predicted octanol–water partition coefficient (Wildman–Crippen LogP) is 4.47. The van der Waals surface area contributed by atoms with E-state index in [9.17, 15) is 4.79 Å². The highest BCUT2D eigenvalue weighted by Gasteiger charge is 2.27. The molecule has 0 radical (unpaired) electrons. The molecule has 4 rings (SSSR count). The van der Waals surface area contributed by atoms with Crippen molar-refractivity contribution in [2.45, 2.75) is 33.2 Å². The third-order valence-electron chi connectivity index (χ3n) is 5.89. The Morgan fingerprint density at radius 1 is 1.00 bits per heavy atom. The van der Waals surface area contributed by atoms with Crippen LogP contribution >= 0.6 is 0 Å². The van der Waals surface area contributed by atoms with Gasteiger partial charge >= 0.3 is 0 Å². The minimum absolute atomic E-state index is 0.0532. The number of carbonyl (C=O) groups is 1. The molecule has 1 saturated heterocycles. The maximum atomic E-state index is 12.9. The molecule has 2 aromatic carbocycles. The van der Waals surface area contributed by atoms with Crippen LogP contribution in [0.3, 0.4) is 0 Å². The number of rotatable bonds is 9. The van der Waals surface area contributed by atoms with Crippen molar-refractivity contribution < 1.29 is 14.3 Å². The van der Waals surface area contributed by atoms with E-state index in [1.807, 2.05) is 74.8 Å². The second-order valence-electron chi connectivity index (χ2n) is 8.29. The summed E-state index contributed by atoms with van der Waals surface area (Å²) >= 11 is 0. The Morgan fingerprint density at radius 3 is 2.47 bits per heavy atom. The van der Waals surface area contributed by atoms with E-state index in [1.165, 1.54) is 0 Å². The number of amides is 1. The zero-order valence-electron chi connectivity index (χ0n) is 19.9. The minimum Gasteiger partial charge on any atom is -0.490 e. The SMILES string of the molecule is CCOc1ccc(CNC(=O)[C@H]2CCCN(c3ncc(-c4ccccc4)cn3)C2)cc1OCC. The normalized spacial score (nSPS) is 15.6. The molecule has 1 aliphatic rings. The highest BCUT2D eigenvalue weighted by Crippen LogP contribution is 2.29. The summed E-state index contributed by atoms with van der Waals surface area (Å²) < 4.78 is 11.3. The minimum atomic E-state index is -0.0970. The van der Waals surface area contributed by atoms with Gasteiger partial charge in [0.1, 0.15) is 0 Å². The largest absolute Gasteiger partial charge is 0.490 e. The smallest absolute Gasteiger partial charge is 0.225 e. The Hall–Kier alpha value is -3.61. The first-order chi connectivity index (χ1) is 16.7. The van der Waals surface area contributed by atoms with Crippen molar-refractivity contribution in [3.63, 3.8) is 0 Å². The molecule has 1 amide bonds. The van der Waals surface area contributed by atoms with Gasteiger partial charge in [-0.3, -0.25) is 4.79 Å². The zero-order valence-corrected chi connectivity index (χ0v) is 19.9. The van der Waals surface area contributed by atoms with E-state index in [0.717, 1.165) is 41.8 Å². The van der Waals surface area contributed by atoms with Crippen molar-refractivity contribution in [3.8, 4) is 22.6 Å². The summed E-state index contributed by atoms with van der Waals surface area (Å²) in [5.74, 6) is 2.05. The molecule has 34 heavy (non-hydrogen) atoms. The fourth-order valence-corrected chi connectivity index (χ4v) is 4.18. The van der Waals surface area contributed by atoms with Crippen LogP contribution in [0.2, 0.25) is 0 Å². The fourth-order valence-electron chi connectivity index (χ4n) is 4.18. The van der Waals surface area contributed by atoms with Gasteiger partial charge in [0.25, 0.3) is 0 Å². The van der Waals surface area contributed by atoms with Crippen LogP contribution in [0.4, 0.5) is 5.95 Å². The summed E-state index contributed by atoms with van der Waals surface area (Å²) in [5, 5.41) is 3.09. The van der Waals surface area contributed by atoms with E-state index in [1.54, 1.807) is 0 Å². The van der Waals surface area contributed by atoms with E-state index in [2.05, 4.69) is 20.2 Å². The summed E-state index contributed by atoms with van der Waals surface area (Å²) in [5.41, 5.74) is 3.05. The van der Waals surface area contributed by atoms with Crippen LogP contribution in [0.5, 0.6) is 11.5 Å².